The fraction of sp³-hybridized carbons (Fsp3) is 0.826. The second-order valence-corrected chi connectivity index (χ2v) is 22.4. The van der Waals surface area contributed by atoms with E-state index in [1.54, 1.807) is 6.08 Å². The van der Waals surface area contributed by atoms with Gasteiger partial charge in [-0.1, -0.05) is 312 Å². The van der Waals surface area contributed by atoms with Crippen LogP contribution in [0.4, 0.5) is 0 Å². The lowest BCUT2D eigenvalue weighted by Crippen LogP contribution is -2.45. The van der Waals surface area contributed by atoms with Gasteiger partial charge in [-0.2, -0.15) is 0 Å². The molecule has 0 aromatic heterocycles. The van der Waals surface area contributed by atoms with Gasteiger partial charge in [-0.15, -0.1) is 0 Å². The number of ether oxygens (including phenoxy) is 1. The van der Waals surface area contributed by atoms with E-state index >= 15 is 0 Å². The molecule has 0 spiro atoms. The molecule has 75 heavy (non-hydrogen) atoms. The first kappa shape index (κ1) is 72.6. The van der Waals surface area contributed by atoms with Crippen molar-refractivity contribution in [3.63, 3.8) is 0 Å². The van der Waals surface area contributed by atoms with Crippen LogP contribution in [0.3, 0.4) is 0 Å². The zero-order valence-corrected chi connectivity index (χ0v) is 50.0. The second kappa shape index (κ2) is 64.1. The zero-order chi connectivity index (χ0) is 54.3. The molecule has 0 radical (unpaired) electrons. The maximum Gasteiger partial charge on any atom is 0.305 e. The first-order valence-electron chi connectivity index (χ1n) is 33.1. The number of allylic oxidation sites excluding steroid dienone is 8. The molecule has 0 saturated carbocycles. The summed E-state index contributed by atoms with van der Waals surface area (Å²) in [5, 5.41) is 23.3. The molecule has 0 aromatic carbocycles. The fourth-order valence-electron chi connectivity index (χ4n) is 9.98. The number of carbonyl (C=O) groups excluding carboxylic acids is 2. The highest BCUT2D eigenvalue weighted by atomic mass is 16.5. The lowest BCUT2D eigenvalue weighted by molar-refractivity contribution is -0.143. The van der Waals surface area contributed by atoms with Crippen LogP contribution in [0.2, 0.25) is 0 Å². The Labute approximate surface area is 467 Å². The van der Waals surface area contributed by atoms with Gasteiger partial charge in [0, 0.05) is 12.8 Å². The predicted molar refractivity (Wildman–Crippen MR) is 328 cm³/mol. The van der Waals surface area contributed by atoms with Crippen LogP contribution >= 0.6 is 0 Å². The van der Waals surface area contributed by atoms with Crippen molar-refractivity contribution < 1.29 is 24.5 Å². The first-order valence-corrected chi connectivity index (χ1v) is 33.1. The number of unbranched alkanes of at least 4 members (excludes halogenated alkanes) is 42. The van der Waals surface area contributed by atoms with Crippen LogP contribution in [0, 0.1) is 0 Å². The Balaban J connectivity index is 3.49. The molecule has 0 aliphatic carbocycles. The topological polar surface area (TPSA) is 95.9 Å². The third kappa shape index (κ3) is 60.6. The van der Waals surface area contributed by atoms with E-state index < -0.39 is 12.1 Å². The van der Waals surface area contributed by atoms with E-state index in [1.165, 1.54) is 250 Å². The van der Waals surface area contributed by atoms with Gasteiger partial charge >= 0.3 is 5.97 Å². The molecule has 6 heteroatoms. The molecule has 0 saturated heterocycles. The van der Waals surface area contributed by atoms with Crippen molar-refractivity contribution in [3.8, 4) is 0 Å². The molecular formula is C69H127NO5. The van der Waals surface area contributed by atoms with Crippen LogP contribution in [0.25, 0.3) is 0 Å². The summed E-state index contributed by atoms with van der Waals surface area (Å²) in [5.74, 6) is -0.122. The van der Waals surface area contributed by atoms with Crippen molar-refractivity contribution in [2.75, 3.05) is 13.2 Å². The Hall–Kier alpha value is -2.44. The minimum absolute atomic E-state index is 0.0514. The molecule has 0 aliphatic rings. The SMILES string of the molecule is CCC/C=C\C/C=C\CCCCCCCC(=O)OCC/C=C\C/C=C\CCCCCCCCCCCCCCCCC(=O)NC(CO)C(O)/C=C/CCCCCCCCCCCCCCCCCCCCCCCC. The number of rotatable bonds is 61. The predicted octanol–water partition coefficient (Wildman–Crippen LogP) is 21.1. The van der Waals surface area contributed by atoms with Gasteiger partial charge in [-0.25, -0.2) is 0 Å². The molecular weight excluding hydrogens is 923 g/mol. The highest BCUT2D eigenvalue weighted by Gasteiger charge is 2.18. The largest absolute Gasteiger partial charge is 0.465 e. The quantitative estimate of drug-likeness (QED) is 0.0320. The average molecular weight is 1050 g/mol. The molecule has 6 nitrogen and oxygen atoms in total. The summed E-state index contributed by atoms with van der Waals surface area (Å²) in [6.07, 6.45) is 84.3. The smallest absolute Gasteiger partial charge is 0.305 e. The molecule has 0 aromatic rings. The second-order valence-electron chi connectivity index (χ2n) is 22.4. The summed E-state index contributed by atoms with van der Waals surface area (Å²) < 4.78 is 5.40. The molecule has 1 amide bonds. The molecule has 0 rings (SSSR count). The minimum Gasteiger partial charge on any atom is -0.465 e. The van der Waals surface area contributed by atoms with Gasteiger partial charge in [0.05, 0.1) is 25.4 Å². The highest BCUT2D eigenvalue weighted by molar-refractivity contribution is 5.76. The Kier molecular flexibility index (Phi) is 62.0. The number of aliphatic hydroxyl groups is 2. The van der Waals surface area contributed by atoms with Gasteiger partial charge < -0.3 is 20.3 Å². The van der Waals surface area contributed by atoms with Crippen LogP contribution in [0.15, 0.2) is 60.8 Å². The van der Waals surface area contributed by atoms with Gasteiger partial charge in [0.25, 0.3) is 0 Å². The average Bonchev–Trinajstić information content (AvgIpc) is 3.41. The maximum atomic E-state index is 12.5. The molecule has 0 fully saturated rings. The van der Waals surface area contributed by atoms with E-state index in [0.717, 1.165) is 64.2 Å². The summed E-state index contributed by atoms with van der Waals surface area (Å²) in [4.78, 5) is 24.5. The Morgan fingerprint density at radius 3 is 1.07 bits per heavy atom. The van der Waals surface area contributed by atoms with Crippen LogP contribution < -0.4 is 5.32 Å². The van der Waals surface area contributed by atoms with E-state index in [2.05, 4.69) is 67.8 Å². The number of hydrogen-bond donors (Lipinski definition) is 3. The van der Waals surface area contributed by atoms with Crippen molar-refractivity contribution >= 4 is 11.9 Å². The number of amides is 1. The Bertz CT molecular complexity index is 1300. The summed E-state index contributed by atoms with van der Waals surface area (Å²) in [7, 11) is 0. The fourth-order valence-corrected chi connectivity index (χ4v) is 9.98. The van der Waals surface area contributed by atoms with Crippen LogP contribution in [0.5, 0.6) is 0 Å². The summed E-state index contributed by atoms with van der Waals surface area (Å²) in [5.41, 5.74) is 0. The van der Waals surface area contributed by atoms with Gasteiger partial charge in [0.15, 0.2) is 0 Å². The van der Waals surface area contributed by atoms with Crippen molar-refractivity contribution in [2.24, 2.45) is 0 Å². The monoisotopic (exact) mass is 1050 g/mol. The summed E-state index contributed by atoms with van der Waals surface area (Å²) >= 11 is 0. The maximum absolute atomic E-state index is 12.5. The van der Waals surface area contributed by atoms with Crippen LogP contribution in [-0.2, 0) is 14.3 Å². The van der Waals surface area contributed by atoms with Gasteiger partial charge in [0.1, 0.15) is 0 Å². The van der Waals surface area contributed by atoms with Gasteiger partial charge in [-0.3, -0.25) is 9.59 Å². The summed E-state index contributed by atoms with van der Waals surface area (Å²) in [6.45, 7) is 4.74. The lowest BCUT2D eigenvalue weighted by Gasteiger charge is -2.20. The van der Waals surface area contributed by atoms with E-state index in [9.17, 15) is 19.8 Å². The number of carbonyl (C=O) groups is 2. The number of nitrogens with one attached hydrogen (secondary N) is 1. The third-order valence-electron chi connectivity index (χ3n) is 15.0. The number of aliphatic hydroxyl groups excluding tert-OH is 2. The molecule has 2 unspecified atom stereocenters. The molecule has 3 N–H and O–H groups in total. The van der Waals surface area contributed by atoms with E-state index in [0.29, 0.717) is 19.4 Å². The Morgan fingerprint density at radius 1 is 0.373 bits per heavy atom. The van der Waals surface area contributed by atoms with Crippen molar-refractivity contribution in [1.82, 2.24) is 5.32 Å². The van der Waals surface area contributed by atoms with Gasteiger partial charge in [-0.05, 0) is 77.0 Å². The van der Waals surface area contributed by atoms with Gasteiger partial charge in [0.2, 0.25) is 5.91 Å². The summed E-state index contributed by atoms with van der Waals surface area (Å²) in [6, 6.07) is -0.635. The highest BCUT2D eigenvalue weighted by Crippen LogP contribution is 2.18. The zero-order valence-electron chi connectivity index (χ0n) is 50.0. The van der Waals surface area contributed by atoms with Crippen molar-refractivity contribution in [1.29, 1.82) is 0 Å². The first-order chi connectivity index (χ1) is 37.0. The third-order valence-corrected chi connectivity index (χ3v) is 15.0. The van der Waals surface area contributed by atoms with Crippen molar-refractivity contribution in [2.45, 2.75) is 353 Å². The molecule has 0 bridgehead atoms. The molecule has 0 aliphatic heterocycles. The Morgan fingerprint density at radius 2 is 0.693 bits per heavy atom. The molecule has 0 heterocycles. The number of hydrogen-bond acceptors (Lipinski definition) is 5. The molecule has 2 atom stereocenters. The normalized spacial score (nSPS) is 13.0. The van der Waals surface area contributed by atoms with Crippen LogP contribution in [-0.4, -0.2) is 47.4 Å². The van der Waals surface area contributed by atoms with Crippen LogP contribution in [0.1, 0.15) is 341 Å². The minimum atomic E-state index is -0.851. The van der Waals surface area contributed by atoms with E-state index in [1.807, 2.05) is 6.08 Å². The molecule has 438 valence electrons. The van der Waals surface area contributed by atoms with E-state index in [-0.39, 0.29) is 18.5 Å². The lowest BCUT2D eigenvalue weighted by atomic mass is 10.0. The van der Waals surface area contributed by atoms with E-state index in [4.69, 9.17) is 4.74 Å². The standard InChI is InChI=1S/C69H127NO5/c1-3-5-7-9-11-13-15-17-18-19-20-21-22-23-25-28-31-34-38-41-45-49-53-57-61-67(72)66(65-71)70-68(73)62-58-54-50-46-42-39-35-32-29-26-24-27-30-33-36-40-44-48-52-56-60-64-75-69(74)63-59-55-51-47-43-37-16-14-12-10-8-6-4-2/h8,10,14,16,40,44,52,56-57,61,66-67,71-72H,3-7,9,11-13,15,17-39,41-43,45-51,53-55,58-60,62-65H2,1-2H3,(H,70,73)/b10-8-,16-14-,44-40-,56-52-,61-57+. The number of esters is 1. The van der Waals surface area contributed by atoms with Crippen molar-refractivity contribution in [3.05, 3.63) is 60.8 Å².